The minimum Gasteiger partial charge on any atom is -0.359 e. The summed E-state index contributed by atoms with van der Waals surface area (Å²) in [7, 11) is 1.26. The average molecular weight is 565 g/mol. The van der Waals surface area contributed by atoms with Crippen molar-refractivity contribution in [1.82, 2.24) is 4.90 Å². The molecule has 0 saturated carbocycles. The molecule has 1 atom stereocenters. The standard InChI is InChI=1S/C19H15Br2ClF2N4O2/c1-27-16(29)15(28(18(27)30)14-9-5-3-7-12(14)24)26-17(19(20,21)10-22)25-13-8-4-2-6-11(13)23/h2-9,17,25H,10H2,1H3. The van der Waals surface area contributed by atoms with Gasteiger partial charge in [0.1, 0.15) is 21.0 Å². The van der Waals surface area contributed by atoms with Crippen LogP contribution in [0.1, 0.15) is 0 Å². The number of likely N-dealkylation sites (N-methyl/N-ethyl adjacent to an activating group) is 1. The average Bonchev–Trinajstić information content (AvgIpc) is 2.93. The summed E-state index contributed by atoms with van der Waals surface area (Å²) in [6, 6.07) is 10.6. The number of hydrogen-bond donors (Lipinski definition) is 1. The lowest BCUT2D eigenvalue weighted by Crippen LogP contribution is -2.41. The predicted molar refractivity (Wildman–Crippen MR) is 120 cm³/mol. The van der Waals surface area contributed by atoms with Gasteiger partial charge < -0.3 is 5.32 Å². The van der Waals surface area contributed by atoms with Crippen LogP contribution >= 0.6 is 43.5 Å². The number of nitrogens with one attached hydrogen (secondary N) is 1. The van der Waals surface area contributed by atoms with Crippen molar-refractivity contribution < 1.29 is 18.4 Å². The van der Waals surface area contributed by atoms with Gasteiger partial charge in [0.15, 0.2) is 0 Å². The second kappa shape index (κ2) is 8.99. The maximum atomic E-state index is 14.4. The van der Waals surface area contributed by atoms with Gasteiger partial charge in [-0.25, -0.2) is 23.5 Å². The number of alkyl halides is 3. The van der Waals surface area contributed by atoms with Crippen LogP contribution < -0.4 is 10.2 Å². The molecule has 2 aromatic carbocycles. The van der Waals surface area contributed by atoms with Gasteiger partial charge in [0.2, 0.25) is 5.84 Å². The van der Waals surface area contributed by atoms with Crippen molar-refractivity contribution in [2.24, 2.45) is 4.99 Å². The Morgan fingerprint density at radius 1 is 1.10 bits per heavy atom. The number of amidine groups is 1. The van der Waals surface area contributed by atoms with Gasteiger partial charge in [0, 0.05) is 7.05 Å². The first-order valence-electron chi connectivity index (χ1n) is 8.56. The zero-order chi connectivity index (χ0) is 22.1. The summed E-state index contributed by atoms with van der Waals surface area (Å²) in [6.07, 6.45) is -1.06. The first kappa shape index (κ1) is 22.6. The van der Waals surface area contributed by atoms with E-state index in [1.54, 1.807) is 6.07 Å². The topological polar surface area (TPSA) is 65.0 Å². The van der Waals surface area contributed by atoms with Crippen LogP contribution in [0.25, 0.3) is 0 Å². The van der Waals surface area contributed by atoms with Gasteiger partial charge in [-0.2, -0.15) is 0 Å². The molecule has 1 aliphatic heterocycles. The number of aliphatic imine (C=N–C) groups is 1. The van der Waals surface area contributed by atoms with Crippen molar-refractivity contribution in [1.29, 1.82) is 0 Å². The van der Waals surface area contributed by atoms with E-state index in [0.717, 1.165) is 15.9 Å². The van der Waals surface area contributed by atoms with E-state index < -0.39 is 33.0 Å². The molecule has 6 nitrogen and oxygen atoms in total. The summed E-state index contributed by atoms with van der Waals surface area (Å²) < 4.78 is 27.5. The van der Waals surface area contributed by atoms with Crippen LogP contribution in [0.2, 0.25) is 0 Å². The zero-order valence-corrected chi connectivity index (χ0v) is 19.4. The van der Waals surface area contributed by atoms with E-state index >= 15 is 0 Å². The highest BCUT2D eigenvalue weighted by Crippen LogP contribution is 2.36. The summed E-state index contributed by atoms with van der Waals surface area (Å²) in [6.45, 7) is 0. The third kappa shape index (κ3) is 4.35. The monoisotopic (exact) mass is 562 g/mol. The van der Waals surface area contributed by atoms with E-state index in [2.05, 4.69) is 42.2 Å². The molecule has 3 amide bonds. The Bertz CT molecular complexity index is 1020. The molecule has 1 N–H and O–H groups in total. The first-order chi connectivity index (χ1) is 14.2. The van der Waals surface area contributed by atoms with Crippen molar-refractivity contribution >= 4 is 72.6 Å². The SMILES string of the molecule is CN1C(=O)C(=NC(Nc2ccccc2F)C(Br)(Br)CCl)N(c2ccccc2F)C1=O. The molecule has 1 unspecified atom stereocenters. The van der Waals surface area contributed by atoms with Gasteiger partial charge in [-0.15, -0.1) is 11.6 Å². The van der Waals surface area contributed by atoms with E-state index in [-0.39, 0.29) is 23.1 Å². The molecule has 11 heteroatoms. The van der Waals surface area contributed by atoms with Crippen LogP contribution in [0.15, 0.2) is 53.5 Å². The number of carbonyl (C=O) groups is 2. The molecule has 1 fully saturated rings. The van der Waals surface area contributed by atoms with Crippen molar-refractivity contribution in [3.63, 3.8) is 0 Å². The highest BCUT2D eigenvalue weighted by Gasteiger charge is 2.44. The van der Waals surface area contributed by atoms with Crippen molar-refractivity contribution in [2.75, 3.05) is 23.1 Å². The fourth-order valence-corrected chi connectivity index (χ4v) is 3.27. The highest BCUT2D eigenvalue weighted by molar-refractivity contribution is 9.25. The molecule has 0 aliphatic carbocycles. The molecule has 1 saturated heterocycles. The fraction of sp³-hybridized carbons (Fsp3) is 0.211. The Balaban J connectivity index is 2.11. The summed E-state index contributed by atoms with van der Waals surface area (Å²) in [5, 5.41) is 2.86. The number of carbonyl (C=O) groups excluding carboxylic acids is 2. The second-order valence-corrected chi connectivity index (χ2v) is 10.5. The Morgan fingerprint density at radius 2 is 1.70 bits per heavy atom. The summed E-state index contributed by atoms with van der Waals surface area (Å²) in [4.78, 5) is 31.4. The molecule has 30 heavy (non-hydrogen) atoms. The molecule has 3 rings (SSSR count). The zero-order valence-electron chi connectivity index (χ0n) is 15.5. The van der Waals surface area contributed by atoms with Crippen molar-refractivity contribution in [3.05, 3.63) is 60.2 Å². The summed E-state index contributed by atoms with van der Waals surface area (Å²) in [5.74, 6) is -2.39. The first-order valence-corrected chi connectivity index (χ1v) is 10.7. The fourth-order valence-electron chi connectivity index (χ4n) is 2.69. The molecule has 1 heterocycles. The second-order valence-electron chi connectivity index (χ2n) is 6.31. The molecule has 1 aliphatic rings. The number of imide groups is 1. The smallest absolute Gasteiger partial charge is 0.337 e. The van der Waals surface area contributed by atoms with Crippen molar-refractivity contribution in [2.45, 2.75) is 9.40 Å². The summed E-state index contributed by atoms with van der Waals surface area (Å²) >= 11 is 12.8. The molecule has 0 radical (unpaired) electrons. The number of benzene rings is 2. The summed E-state index contributed by atoms with van der Waals surface area (Å²) in [5.41, 5.74) is -0.0352. The number of nitrogens with zero attached hydrogens (tertiary/aromatic N) is 3. The number of para-hydroxylation sites is 2. The number of anilines is 2. The molecule has 0 bridgehead atoms. The maximum Gasteiger partial charge on any atom is 0.337 e. The van der Waals surface area contributed by atoms with Gasteiger partial charge in [-0.3, -0.25) is 9.69 Å². The van der Waals surface area contributed by atoms with E-state index in [4.69, 9.17) is 11.6 Å². The van der Waals surface area contributed by atoms with Crippen molar-refractivity contribution in [3.8, 4) is 0 Å². The molecule has 158 valence electrons. The quantitative estimate of drug-likeness (QED) is 0.400. The Hall–Kier alpha value is -2.04. The van der Waals surface area contributed by atoms with Crippen LogP contribution in [0.3, 0.4) is 0 Å². The van der Waals surface area contributed by atoms with Gasteiger partial charge in [0.05, 0.1) is 17.3 Å². The van der Waals surface area contributed by atoms with Gasteiger partial charge in [-0.1, -0.05) is 56.1 Å². The van der Waals surface area contributed by atoms with Crippen LogP contribution in [-0.4, -0.2) is 45.0 Å². The number of hydrogen-bond acceptors (Lipinski definition) is 4. The van der Waals surface area contributed by atoms with Crippen LogP contribution in [-0.2, 0) is 4.79 Å². The Labute approximate surface area is 193 Å². The van der Waals surface area contributed by atoms with Crippen LogP contribution in [0.4, 0.5) is 25.0 Å². The molecular weight excluding hydrogens is 549 g/mol. The lowest BCUT2D eigenvalue weighted by molar-refractivity contribution is -0.119. The largest absolute Gasteiger partial charge is 0.359 e. The molecule has 2 aromatic rings. The molecular formula is C19H15Br2ClF2N4O2. The van der Waals surface area contributed by atoms with E-state index in [1.807, 2.05) is 0 Å². The van der Waals surface area contributed by atoms with E-state index in [1.165, 1.54) is 43.4 Å². The number of rotatable bonds is 6. The van der Waals surface area contributed by atoms with Crippen LogP contribution in [0, 0.1) is 11.6 Å². The normalized spacial score (nSPS) is 17.1. The van der Waals surface area contributed by atoms with E-state index in [0.29, 0.717) is 0 Å². The number of halogens is 5. The van der Waals surface area contributed by atoms with Gasteiger partial charge >= 0.3 is 6.03 Å². The predicted octanol–water partition coefficient (Wildman–Crippen LogP) is 4.92. The lowest BCUT2D eigenvalue weighted by atomic mass is 10.2. The van der Waals surface area contributed by atoms with E-state index in [9.17, 15) is 18.4 Å². The third-order valence-corrected chi connectivity index (χ3v) is 6.77. The minimum absolute atomic E-state index is 0.0480. The van der Waals surface area contributed by atoms with Crippen LogP contribution in [0.5, 0.6) is 0 Å². The van der Waals surface area contributed by atoms with Gasteiger partial charge in [-0.05, 0) is 24.3 Å². The number of amides is 3. The van der Waals surface area contributed by atoms with Gasteiger partial charge in [0.25, 0.3) is 5.91 Å². The third-order valence-electron chi connectivity index (χ3n) is 4.27. The Kier molecular flexibility index (Phi) is 6.78. The number of urea groups is 1. The Morgan fingerprint density at radius 3 is 2.30 bits per heavy atom. The lowest BCUT2D eigenvalue weighted by Gasteiger charge is -2.28. The molecule has 0 spiro atoms. The highest BCUT2D eigenvalue weighted by atomic mass is 79.9. The molecule has 0 aromatic heterocycles. The maximum absolute atomic E-state index is 14.4. The minimum atomic E-state index is -1.12.